The van der Waals surface area contributed by atoms with Gasteiger partial charge in [0.05, 0.1) is 11.4 Å². The first-order valence-corrected chi connectivity index (χ1v) is 13.0. The Morgan fingerprint density at radius 2 is 1.31 bits per heavy atom. The van der Waals surface area contributed by atoms with Gasteiger partial charge < -0.3 is 15.8 Å². The number of ether oxygens (including phenoxy) is 1. The Hall–Kier alpha value is -3.59. The molecule has 3 N–H and O–H groups in total. The van der Waals surface area contributed by atoms with E-state index >= 15 is 0 Å². The van der Waals surface area contributed by atoms with Crippen molar-refractivity contribution in [2.24, 2.45) is 5.73 Å². The van der Waals surface area contributed by atoms with Gasteiger partial charge in [-0.05, 0) is 69.0 Å². The summed E-state index contributed by atoms with van der Waals surface area (Å²) in [4.78, 5) is 27.8. The SMILES string of the molecule is Cc1cc(-c2cc(Cl)ncn2)ccc1CN.Cc1cc(-c2cc(Cl)ncn2)ccc1CNC(=O)OC(C)(C)C. The van der Waals surface area contributed by atoms with Crippen LogP contribution >= 0.6 is 23.2 Å². The van der Waals surface area contributed by atoms with Crippen LogP contribution in [0.3, 0.4) is 0 Å². The maximum atomic E-state index is 11.7. The van der Waals surface area contributed by atoms with E-state index < -0.39 is 11.7 Å². The van der Waals surface area contributed by atoms with E-state index in [1.54, 1.807) is 12.1 Å². The number of hydrogen-bond acceptors (Lipinski definition) is 7. The number of nitrogens with zero attached hydrogens (tertiary/aromatic N) is 4. The normalized spacial score (nSPS) is 10.9. The average molecular weight is 568 g/mol. The summed E-state index contributed by atoms with van der Waals surface area (Å²) in [5, 5.41) is 3.61. The molecule has 0 unspecified atom stereocenters. The van der Waals surface area contributed by atoms with E-state index in [2.05, 4.69) is 31.3 Å². The molecular formula is C29H32Cl2N6O2. The van der Waals surface area contributed by atoms with Crippen LogP contribution in [-0.4, -0.2) is 31.6 Å². The van der Waals surface area contributed by atoms with Gasteiger partial charge in [0.2, 0.25) is 0 Å². The highest BCUT2D eigenvalue weighted by molar-refractivity contribution is 6.29. The molecular weight excluding hydrogens is 535 g/mol. The Bertz CT molecular complexity index is 1440. The number of carbonyl (C=O) groups excluding carboxylic acids is 1. The number of benzene rings is 2. The molecule has 2 heterocycles. The van der Waals surface area contributed by atoms with Gasteiger partial charge in [0, 0.05) is 36.3 Å². The topological polar surface area (TPSA) is 116 Å². The second-order valence-electron chi connectivity index (χ2n) is 9.79. The van der Waals surface area contributed by atoms with Crippen LogP contribution in [0.5, 0.6) is 0 Å². The zero-order valence-corrected chi connectivity index (χ0v) is 24.1. The van der Waals surface area contributed by atoms with Crippen LogP contribution in [0.25, 0.3) is 22.5 Å². The first-order chi connectivity index (χ1) is 18.4. The third-order valence-electron chi connectivity index (χ3n) is 5.59. The lowest BCUT2D eigenvalue weighted by Gasteiger charge is -2.20. The summed E-state index contributed by atoms with van der Waals surface area (Å²) in [6.07, 6.45) is 2.47. The molecule has 0 saturated carbocycles. The number of aryl methyl sites for hydroxylation is 2. The lowest BCUT2D eigenvalue weighted by atomic mass is 10.0. The molecule has 2 aromatic carbocycles. The highest BCUT2D eigenvalue weighted by Crippen LogP contribution is 2.23. The Kier molecular flexibility index (Phi) is 10.3. The van der Waals surface area contributed by atoms with Crippen molar-refractivity contribution in [2.75, 3.05) is 0 Å². The van der Waals surface area contributed by atoms with Crippen LogP contribution in [0.2, 0.25) is 10.3 Å². The quantitative estimate of drug-likeness (QED) is 0.258. The molecule has 8 nitrogen and oxygen atoms in total. The van der Waals surface area contributed by atoms with Gasteiger partial charge in [-0.3, -0.25) is 0 Å². The van der Waals surface area contributed by atoms with E-state index in [4.69, 9.17) is 33.7 Å². The second-order valence-corrected chi connectivity index (χ2v) is 10.6. The number of rotatable bonds is 5. The summed E-state index contributed by atoms with van der Waals surface area (Å²) in [6, 6.07) is 15.4. The van der Waals surface area contributed by atoms with Crippen molar-refractivity contribution in [3.63, 3.8) is 0 Å². The first kappa shape index (κ1) is 30.0. The molecule has 0 spiro atoms. The van der Waals surface area contributed by atoms with E-state index in [-0.39, 0.29) is 0 Å². The number of carbonyl (C=O) groups is 1. The molecule has 39 heavy (non-hydrogen) atoms. The van der Waals surface area contributed by atoms with E-state index in [1.807, 2.05) is 65.0 Å². The maximum Gasteiger partial charge on any atom is 0.407 e. The number of amides is 1. The van der Waals surface area contributed by atoms with Crippen molar-refractivity contribution >= 4 is 29.3 Å². The van der Waals surface area contributed by atoms with E-state index in [0.717, 1.165) is 44.8 Å². The van der Waals surface area contributed by atoms with Crippen LogP contribution in [-0.2, 0) is 17.8 Å². The smallest absolute Gasteiger partial charge is 0.407 e. The molecule has 0 aliphatic heterocycles. The molecule has 0 bridgehead atoms. The minimum atomic E-state index is -0.505. The van der Waals surface area contributed by atoms with Crippen LogP contribution in [0.4, 0.5) is 4.79 Å². The molecule has 0 saturated heterocycles. The van der Waals surface area contributed by atoms with Crippen molar-refractivity contribution in [1.82, 2.24) is 25.3 Å². The molecule has 2 aromatic heterocycles. The Labute approximate surface area is 239 Å². The van der Waals surface area contributed by atoms with Gasteiger partial charge in [-0.25, -0.2) is 24.7 Å². The predicted octanol–water partition coefficient (Wildman–Crippen LogP) is 6.69. The standard InChI is InChI=1S/C17H20ClN3O2.C12H12ClN3/c1-11-7-12(14-8-15(18)21-10-20-14)5-6-13(11)9-19-16(22)23-17(2,3)4;1-8-4-9(2-3-10(8)6-14)11-5-12(13)16-7-15-11/h5-8,10H,9H2,1-4H3,(H,19,22);2-5,7H,6,14H2,1H3. The number of aromatic nitrogens is 4. The fourth-order valence-corrected chi connectivity index (χ4v) is 3.90. The molecule has 204 valence electrons. The number of hydrogen-bond donors (Lipinski definition) is 2. The Morgan fingerprint density at radius 3 is 1.72 bits per heavy atom. The number of halogens is 2. The Morgan fingerprint density at radius 1 is 0.821 bits per heavy atom. The first-order valence-electron chi connectivity index (χ1n) is 12.3. The van der Waals surface area contributed by atoms with Crippen LogP contribution in [0.1, 0.15) is 43.0 Å². The third-order valence-corrected chi connectivity index (χ3v) is 6.00. The molecule has 1 amide bonds. The molecule has 4 rings (SSSR count). The minimum Gasteiger partial charge on any atom is -0.444 e. The van der Waals surface area contributed by atoms with E-state index in [0.29, 0.717) is 23.4 Å². The lowest BCUT2D eigenvalue weighted by Crippen LogP contribution is -2.32. The molecule has 10 heteroatoms. The van der Waals surface area contributed by atoms with Crippen LogP contribution < -0.4 is 11.1 Å². The van der Waals surface area contributed by atoms with Crippen molar-refractivity contribution in [3.8, 4) is 22.5 Å². The van der Waals surface area contributed by atoms with Gasteiger partial charge in [-0.2, -0.15) is 0 Å². The lowest BCUT2D eigenvalue weighted by molar-refractivity contribution is 0.0523. The fraction of sp³-hybridized carbons (Fsp3) is 0.276. The molecule has 0 radical (unpaired) electrons. The summed E-state index contributed by atoms with van der Waals surface area (Å²) in [5.74, 6) is 0. The van der Waals surface area contributed by atoms with E-state index in [9.17, 15) is 4.79 Å². The van der Waals surface area contributed by atoms with Gasteiger partial charge >= 0.3 is 6.09 Å². The van der Waals surface area contributed by atoms with Gasteiger partial charge in [-0.1, -0.05) is 47.5 Å². The van der Waals surface area contributed by atoms with Crippen LogP contribution in [0, 0.1) is 13.8 Å². The van der Waals surface area contributed by atoms with Crippen molar-refractivity contribution in [2.45, 2.75) is 53.3 Å². The number of nitrogens with one attached hydrogen (secondary N) is 1. The van der Waals surface area contributed by atoms with Gasteiger partial charge in [0.15, 0.2) is 0 Å². The zero-order valence-electron chi connectivity index (χ0n) is 22.6. The van der Waals surface area contributed by atoms with Crippen molar-refractivity contribution < 1.29 is 9.53 Å². The highest BCUT2D eigenvalue weighted by Gasteiger charge is 2.16. The summed E-state index contributed by atoms with van der Waals surface area (Å²) in [7, 11) is 0. The van der Waals surface area contributed by atoms with Gasteiger partial charge in [0.1, 0.15) is 28.6 Å². The third kappa shape index (κ3) is 9.28. The zero-order chi connectivity index (χ0) is 28.6. The van der Waals surface area contributed by atoms with Crippen LogP contribution in [0.15, 0.2) is 61.2 Å². The molecule has 0 aliphatic rings. The summed E-state index contributed by atoms with van der Waals surface area (Å²) in [5.41, 5.74) is 13.0. The highest BCUT2D eigenvalue weighted by atomic mass is 35.5. The molecule has 0 fully saturated rings. The Balaban J connectivity index is 0.000000230. The number of nitrogens with two attached hydrogens (primary N) is 1. The second kappa shape index (κ2) is 13.5. The monoisotopic (exact) mass is 566 g/mol. The van der Waals surface area contributed by atoms with Gasteiger partial charge in [0.25, 0.3) is 0 Å². The molecule has 0 aliphatic carbocycles. The molecule has 0 atom stereocenters. The predicted molar refractivity (Wildman–Crippen MR) is 155 cm³/mol. The summed E-state index contributed by atoms with van der Waals surface area (Å²) >= 11 is 11.7. The minimum absolute atomic E-state index is 0.406. The van der Waals surface area contributed by atoms with Crippen molar-refractivity contribution in [1.29, 1.82) is 0 Å². The van der Waals surface area contributed by atoms with Gasteiger partial charge in [-0.15, -0.1) is 0 Å². The summed E-state index contributed by atoms with van der Waals surface area (Å²) in [6.45, 7) is 10.5. The molecule has 4 aromatic rings. The van der Waals surface area contributed by atoms with Crippen molar-refractivity contribution in [3.05, 3.63) is 93.7 Å². The average Bonchev–Trinajstić information content (AvgIpc) is 2.87. The largest absolute Gasteiger partial charge is 0.444 e. The number of alkyl carbamates (subject to hydrolysis) is 1. The van der Waals surface area contributed by atoms with E-state index in [1.165, 1.54) is 12.7 Å². The summed E-state index contributed by atoms with van der Waals surface area (Å²) < 4.78 is 5.22. The maximum absolute atomic E-state index is 11.7. The fourth-order valence-electron chi connectivity index (χ4n) is 3.60.